The van der Waals surface area contributed by atoms with E-state index in [0.717, 1.165) is 55.8 Å². The van der Waals surface area contributed by atoms with E-state index in [1.807, 2.05) is 0 Å². The van der Waals surface area contributed by atoms with Gasteiger partial charge < -0.3 is 26.4 Å². The average molecular weight is 468 g/mol. The lowest BCUT2D eigenvalue weighted by Crippen LogP contribution is -2.39. The number of carbonyl (C=O) groups excluding carboxylic acids is 1. The lowest BCUT2D eigenvalue weighted by Gasteiger charge is -2.26. The fourth-order valence-electron chi connectivity index (χ4n) is 5.25. The summed E-state index contributed by atoms with van der Waals surface area (Å²) in [6.45, 7) is 4.54. The smallest absolute Gasteiger partial charge is 0.263 e. The third kappa shape index (κ3) is 4.39. The monoisotopic (exact) mass is 467 g/mol. The van der Waals surface area contributed by atoms with Gasteiger partial charge in [0, 0.05) is 54.3 Å². The van der Waals surface area contributed by atoms with Crippen LogP contribution in [0.5, 0.6) is 0 Å². The topological polar surface area (TPSA) is 106 Å². The molecule has 0 bridgehead atoms. The molecule has 2 aromatic rings. The summed E-state index contributed by atoms with van der Waals surface area (Å²) in [4.78, 5) is 22.1. The fraction of sp³-hybridized carbons (Fsp3) is 0.520. The predicted octanol–water partition coefficient (Wildman–Crippen LogP) is 2.63. The normalized spacial score (nSPS) is 26.2. The SMILES string of the molecule is COC[C@H]1CN(c2ccc3c(n2)CC[C@H](NC(=O)c2sc4c(c2N)C=CC(C)C4)C3)C[C@H]1N. The average Bonchev–Trinajstić information content (AvgIpc) is 3.33. The number of methoxy groups -OCH3 is 1. The third-order valence-corrected chi connectivity index (χ3v) is 8.39. The fourth-order valence-corrected chi connectivity index (χ4v) is 6.51. The van der Waals surface area contributed by atoms with Crippen molar-refractivity contribution in [2.24, 2.45) is 17.6 Å². The number of anilines is 2. The molecule has 1 aliphatic heterocycles. The Morgan fingerprint density at radius 2 is 2.18 bits per heavy atom. The minimum Gasteiger partial charge on any atom is -0.397 e. The summed E-state index contributed by atoms with van der Waals surface area (Å²) in [7, 11) is 1.72. The lowest BCUT2D eigenvalue weighted by atomic mass is 9.91. The third-order valence-electron chi connectivity index (χ3n) is 7.15. The molecule has 0 aromatic carbocycles. The number of nitrogens with one attached hydrogen (secondary N) is 1. The maximum Gasteiger partial charge on any atom is 0.263 e. The van der Waals surface area contributed by atoms with E-state index in [9.17, 15) is 4.79 Å². The van der Waals surface area contributed by atoms with Crippen molar-refractivity contribution in [1.82, 2.24) is 10.3 Å². The van der Waals surface area contributed by atoms with Crippen LogP contribution in [0.4, 0.5) is 11.5 Å². The van der Waals surface area contributed by atoms with Gasteiger partial charge in [-0.15, -0.1) is 11.3 Å². The molecule has 4 atom stereocenters. The van der Waals surface area contributed by atoms with Gasteiger partial charge in [0.15, 0.2) is 0 Å². The minimum absolute atomic E-state index is 0.0544. The molecule has 5 N–H and O–H groups in total. The molecule has 0 saturated carbocycles. The zero-order chi connectivity index (χ0) is 23.1. The number of amides is 1. The first-order valence-electron chi connectivity index (χ1n) is 11.8. The molecule has 1 saturated heterocycles. The summed E-state index contributed by atoms with van der Waals surface area (Å²) < 4.78 is 5.31. The van der Waals surface area contributed by atoms with Crippen molar-refractivity contribution in [1.29, 1.82) is 0 Å². The number of hydrogen-bond acceptors (Lipinski definition) is 7. The summed E-state index contributed by atoms with van der Waals surface area (Å²) in [5.74, 6) is 1.76. The van der Waals surface area contributed by atoms with E-state index in [4.69, 9.17) is 21.2 Å². The van der Waals surface area contributed by atoms with Gasteiger partial charge in [0.25, 0.3) is 5.91 Å². The van der Waals surface area contributed by atoms with E-state index < -0.39 is 0 Å². The Labute approximate surface area is 199 Å². The number of hydrogen-bond donors (Lipinski definition) is 3. The van der Waals surface area contributed by atoms with Crippen LogP contribution in [0.1, 0.15) is 44.7 Å². The molecular weight excluding hydrogens is 434 g/mol. The van der Waals surface area contributed by atoms with Crippen molar-refractivity contribution in [3.05, 3.63) is 44.8 Å². The van der Waals surface area contributed by atoms with Crippen LogP contribution >= 0.6 is 11.3 Å². The molecule has 2 aromatic heterocycles. The second-order valence-electron chi connectivity index (χ2n) is 9.69. The van der Waals surface area contributed by atoms with Gasteiger partial charge in [0.05, 0.1) is 12.3 Å². The zero-order valence-corrected chi connectivity index (χ0v) is 20.2. The second-order valence-corrected chi connectivity index (χ2v) is 10.8. The van der Waals surface area contributed by atoms with Crippen molar-refractivity contribution in [2.45, 2.75) is 44.7 Å². The van der Waals surface area contributed by atoms with Crippen LogP contribution in [0.2, 0.25) is 0 Å². The highest BCUT2D eigenvalue weighted by Gasteiger charge is 2.32. The first kappa shape index (κ1) is 22.4. The molecule has 1 unspecified atom stereocenters. The summed E-state index contributed by atoms with van der Waals surface area (Å²) in [5.41, 5.74) is 16.6. The Balaban J connectivity index is 1.24. The van der Waals surface area contributed by atoms with E-state index in [2.05, 4.69) is 41.4 Å². The van der Waals surface area contributed by atoms with Crippen LogP contribution in [0.25, 0.3) is 6.08 Å². The molecule has 2 aliphatic carbocycles. The quantitative estimate of drug-likeness (QED) is 0.624. The standard InChI is InChI=1S/C25H33N5O2S/c1-14-3-6-18-21(9-14)33-24(23(18)27)25(31)28-17-5-7-20-15(10-17)4-8-22(29-20)30-11-16(13-32-2)19(26)12-30/h3-4,6,8,14,16-17,19H,5,7,9-13,26-27H2,1-2H3,(H,28,31)/t14?,16-,17+,19-/m1/s1. The number of nitrogens with two attached hydrogens (primary N) is 2. The number of nitrogen functional groups attached to an aromatic ring is 1. The molecule has 176 valence electrons. The van der Waals surface area contributed by atoms with E-state index in [1.54, 1.807) is 18.4 Å². The summed E-state index contributed by atoms with van der Waals surface area (Å²) >= 11 is 1.54. The van der Waals surface area contributed by atoms with Gasteiger partial charge in [-0.05, 0) is 43.2 Å². The Kier molecular flexibility index (Phi) is 6.16. The highest BCUT2D eigenvalue weighted by molar-refractivity contribution is 7.15. The first-order chi connectivity index (χ1) is 15.9. The molecule has 5 rings (SSSR count). The van der Waals surface area contributed by atoms with E-state index in [-0.39, 0.29) is 18.0 Å². The maximum atomic E-state index is 13.0. The van der Waals surface area contributed by atoms with Crippen LogP contribution in [0.15, 0.2) is 18.2 Å². The van der Waals surface area contributed by atoms with Gasteiger partial charge in [-0.3, -0.25) is 4.79 Å². The maximum absolute atomic E-state index is 13.0. The molecule has 1 fully saturated rings. The van der Waals surface area contributed by atoms with Gasteiger partial charge in [-0.1, -0.05) is 25.1 Å². The van der Waals surface area contributed by atoms with Gasteiger partial charge in [0.2, 0.25) is 0 Å². The van der Waals surface area contributed by atoms with Crippen molar-refractivity contribution < 1.29 is 9.53 Å². The predicted molar refractivity (Wildman–Crippen MR) is 134 cm³/mol. The van der Waals surface area contributed by atoms with Gasteiger partial charge in [-0.2, -0.15) is 0 Å². The van der Waals surface area contributed by atoms with E-state index in [1.165, 1.54) is 10.4 Å². The Morgan fingerprint density at radius 1 is 1.33 bits per heavy atom. The van der Waals surface area contributed by atoms with Crippen LogP contribution in [-0.2, 0) is 24.0 Å². The number of allylic oxidation sites excluding steroid dienone is 1. The molecule has 3 aliphatic rings. The number of pyridine rings is 1. The Morgan fingerprint density at radius 3 is 3.00 bits per heavy atom. The van der Waals surface area contributed by atoms with Gasteiger partial charge in [0.1, 0.15) is 10.7 Å². The number of aromatic nitrogens is 1. The number of nitrogens with zero attached hydrogens (tertiary/aromatic N) is 2. The van der Waals surface area contributed by atoms with E-state index >= 15 is 0 Å². The zero-order valence-electron chi connectivity index (χ0n) is 19.3. The van der Waals surface area contributed by atoms with Gasteiger partial charge >= 0.3 is 0 Å². The first-order valence-corrected chi connectivity index (χ1v) is 12.6. The lowest BCUT2D eigenvalue weighted by molar-refractivity contribution is 0.0938. The number of thiophene rings is 1. The second kappa shape index (κ2) is 9.08. The molecule has 33 heavy (non-hydrogen) atoms. The molecule has 7 nitrogen and oxygen atoms in total. The van der Waals surface area contributed by atoms with Crippen molar-refractivity contribution >= 4 is 34.8 Å². The van der Waals surface area contributed by atoms with Crippen LogP contribution in [0, 0.1) is 11.8 Å². The van der Waals surface area contributed by atoms with Crippen LogP contribution < -0.4 is 21.7 Å². The number of ether oxygens (including phenoxy) is 1. The highest BCUT2D eigenvalue weighted by atomic mass is 32.1. The Hall–Kier alpha value is -2.42. The summed E-state index contributed by atoms with van der Waals surface area (Å²) in [5, 5.41) is 3.23. The Bertz CT molecular complexity index is 1080. The number of carbonyl (C=O) groups is 1. The highest BCUT2D eigenvalue weighted by Crippen LogP contribution is 2.37. The van der Waals surface area contributed by atoms with Crippen molar-refractivity contribution in [2.75, 3.05) is 37.4 Å². The van der Waals surface area contributed by atoms with Crippen LogP contribution in [-0.4, -0.2) is 49.8 Å². The molecular formula is C25H33N5O2S. The van der Waals surface area contributed by atoms with Crippen molar-refractivity contribution in [3.8, 4) is 0 Å². The summed E-state index contributed by atoms with van der Waals surface area (Å²) in [6.07, 6.45) is 7.71. The molecule has 0 radical (unpaired) electrons. The van der Waals surface area contributed by atoms with Crippen molar-refractivity contribution in [3.63, 3.8) is 0 Å². The number of aryl methyl sites for hydroxylation is 1. The molecule has 8 heteroatoms. The van der Waals surface area contributed by atoms with Gasteiger partial charge in [-0.25, -0.2) is 4.98 Å². The van der Waals surface area contributed by atoms with E-state index in [0.29, 0.717) is 29.0 Å². The van der Waals surface area contributed by atoms with Crippen LogP contribution in [0.3, 0.4) is 0 Å². The summed E-state index contributed by atoms with van der Waals surface area (Å²) in [6, 6.07) is 4.45. The molecule has 1 amide bonds. The minimum atomic E-state index is -0.0544. The largest absolute Gasteiger partial charge is 0.397 e. The number of fused-ring (bicyclic) bond motifs is 2. The molecule has 0 spiro atoms. The molecule has 3 heterocycles. The number of rotatable bonds is 5.